The fourth-order valence-corrected chi connectivity index (χ4v) is 5.80. The molecule has 38 heavy (non-hydrogen) atoms. The van der Waals surface area contributed by atoms with Crippen LogP contribution in [0, 0.1) is 11.6 Å². The average molecular weight is 709 g/mol. The van der Waals surface area contributed by atoms with E-state index in [1.54, 1.807) is 12.1 Å². The lowest BCUT2D eigenvalue weighted by Crippen LogP contribution is -2.19. The minimum Gasteiger partial charge on any atom is -0.384 e. The van der Waals surface area contributed by atoms with E-state index in [2.05, 4.69) is 94.4 Å². The lowest BCUT2D eigenvalue weighted by molar-refractivity contribution is 0.626. The second kappa shape index (κ2) is 14.8. The van der Waals surface area contributed by atoms with Crippen molar-refractivity contribution in [1.29, 1.82) is 0 Å². The summed E-state index contributed by atoms with van der Waals surface area (Å²) < 4.78 is 27.5. The highest BCUT2D eigenvalue weighted by Gasteiger charge is 2.20. The summed E-state index contributed by atoms with van der Waals surface area (Å²) in [6.45, 7) is 2.94. The van der Waals surface area contributed by atoms with Crippen LogP contribution in [0.25, 0.3) is 0 Å². The van der Waals surface area contributed by atoms with Gasteiger partial charge in [0.2, 0.25) is 0 Å². The number of nitrogens with one attached hydrogen (secondary N) is 1. The quantitative estimate of drug-likeness (QED) is 0.213. The van der Waals surface area contributed by atoms with E-state index in [1.807, 2.05) is 12.1 Å². The van der Waals surface area contributed by atoms with Crippen LogP contribution in [0.5, 0.6) is 0 Å². The summed E-state index contributed by atoms with van der Waals surface area (Å²) in [7, 11) is 0. The zero-order valence-corrected chi connectivity index (χ0v) is 24.9. The number of rotatable bonds is 3. The van der Waals surface area contributed by atoms with E-state index < -0.39 is 0 Å². The normalized spacial score (nSPS) is 12.6. The van der Waals surface area contributed by atoms with Crippen molar-refractivity contribution in [3.05, 3.63) is 128 Å². The van der Waals surface area contributed by atoms with E-state index in [1.165, 1.54) is 55.7 Å². The molecule has 6 rings (SSSR count). The Labute approximate surface area is 249 Å². The summed E-state index contributed by atoms with van der Waals surface area (Å²) >= 11 is 10.4. The third kappa shape index (κ3) is 8.14. The van der Waals surface area contributed by atoms with Gasteiger partial charge in [-0.25, -0.2) is 8.78 Å². The molecule has 0 fully saturated rings. The van der Waals surface area contributed by atoms with Gasteiger partial charge in [-0.3, -0.25) is 0 Å². The molecule has 2 aliphatic rings. The second-order valence-corrected chi connectivity index (χ2v) is 11.0. The van der Waals surface area contributed by atoms with Gasteiger partial charge in [-0.2, -0.15) is 0 Å². The number of hydrogen-bond acceptors (Lipinski definition) is 2. The van der Waals surface area contributed by atoms with Crippen molar-refractivity contribution in [2.75, 3.05) is 23.3 Å². The molecule has 0 aliphatic carbocycles. The summed E-state index contributed by atoms with van der Waals surface area (Å²) in [5, 5.41) is 4.10. The minimum atomic E-state index is -0.181. The monoisotopic (exact) mass is 706 g/mol. The summed E-state index contributed by atoms with van der Waals surface area (Å²) in [5.41, 5.74) is 7.60. The Hall–Kier alpha value is -2.22. The Bertz CT molecular complexity index is 1310. The van der Waals surface area contributed by atoms with Crippen LogP contribution in [0.1, 0.15) is 29.7 Å². The van der Waals surface area contributed by atoms with Gasteiger partial charge in [0.05, 0.1) is 0 Å². The largest absolute Gasteiger partial charge is 0.384 e. The minimum absolute atomic E-state index is 0. The van der Waals surface area contributed by atoms with Gasteiger partial charge in [-0.1, -0.05) is 91.6 Å². The van der Waals surface area contributed by atoms with E-state index >= 15 is 0 Å². The van der Waals surface area contributed by atoms with Crippen LogP contribution < -0.4 is 10.2 Å². The third-order valence-corrected chi connectivity index (χ3v) is 8.36. The molecule has 2 aliphatic heterocycles. The standard InChI is InChI=1S/C15H13BrFN.C8H8BrN.C7H6BrF.CH4/c16-14-2-1-3-15-13(14)8-9-18(15)10-11-4-6-12(17)7-5-11;9-7-2-1-3-8-6(7)4-5-10-8;8-5-6-1-3-7(9)4-2-6;/h1-7H,8-10H2;1-3,10H,4-5H2;1-4H,5H2;1H4. The first-order valence-corrected chi connectivity index (χ1v) is 14.7. The van der Waals surface area contributed by atoms with Crippen molar-refractivity contribution in [3.63, 3.8) is 0 Å². The number of hydrogen-bond donors (Lipinski definition) is 1. The van der Waals surface area contributed by atoms with Gasteiger partial charge < -0.3 is 10.2 Å². The SMILES string of the molecule is Brc1cccc2c1CCN2.C.Fc1ccc(CBr)cc1.Fc1ccc(CN2CCc3c(Br)cccc32)cc1. The van der Waals surface area contributed by atoms with E-state index in [-0.39, 0.29) is 19.1 Å². The van der Waals surface area contributed by atoms with Crippen molar-refractivity contribution in [2.45, 2.75) is 32.1 Å². The Balaban J connectivity index is 0.000000170. The van der Waals surface area contributed by atoms with Gasteiger partial charge in [0, 0.05) is 45.3 Å². The number of nitrogens with zero attached hydrogens (tertiary/aromatic N) is 1. The van der Waals surface area contributed by atoms with E-state index in [0.717, 1.165) is 48.9 Å². The maximum Gasteiger partial charge on any atom is 0.123 e. The van der Waals surface area contributed by atoms with Gasteiger partial charge in [-0.15, -0.1) is 0 Å². The average Bonchev–Trinajstić information content (AvgIpc) is 3.56. The van der Waals surface area contributed by atoms with Crippen molar-refractivity contribution in [3.8, 4) is 0 Å². The number of anilines is 2. The summed E-state index contributed by atoms with van der Waals surface area (Å²) in [6.07, 6.45) is 2.22. The van der Waals surface area contributed by atoms with E-state index in [0.29, 0.717) is 0 Å². The Morgan fingerprint density at radius 2 is 1.29 bits per heavy atom. The predicted molar refractivity (Wildman–Crippen MR) is 167 cm³/mol. The fourth-order valence-electron chi connectivity index (χ4n) is 4.31. The van der Waals surface area contributed by atoms with Gasteiger partial charge in [0.1, 0.15) is 11.6 Å². The molecule has 0 unspecified atom stereocenters. The molecular weight excluding hydrogens is 678 g/mol. The maximum atomic E-state index is 12.9. The zero-order chi connectivity index (χ0) is 26.2. The van der Waals surface area contributed by atoms with Gasteiger partial charge >= 0.3 is 0 Å². The van der Waals surface area contributed by atoms with Crippen LogP contribution in [0.3, 0.4) is 0 Å². The van der Waals surface area contributed by atoms with Crippen LogP contribution in [0.15, 0.2) is 93.9 Å². The van der Waals surface area contributed by atoms with Crippen molar-refractivity contribution in [1.82, 2.24) is 0 Å². The molecule has 0 saturated heterocycles. The highest BCUT2D eigenvalue weighted by atomic mass is 79.9. The molecule has 7 heteroatoms. The molecule has 2 heterocycles. The molecule has 4 aromatic rings. The second-order valence-electron chi connectivity index (χ2n) is 8.74. The summed E-state index contributed by atoms with van der Waals surface area (Å²) in [5.74, 6) is -0.358. The molecule has 200 valence electrons. The van der Waals surface area contributed by atoms with Crippen molar-refractivity contribution < 1.29 is 8.78 Å². The smallest absolute Gasteiger partial charge is 0.123 e. The van der Waals surface area contributed by atoms with Crippen molar-refractivity contribution >= 4 is 59.2 Å². The van der Waals surface area contributed by atoms with Crippen LogP contribution in [0.2, 0.25) is 0 Å². The van der Waals surface area contributed by atoms with Gasteiger partial charge in [0.25, 0.3) is 0 Å². The molecule has 0 radical (unpaired) electrons. The number of halogens is 5. The topological polar surface area (TPSA) is 15.3 Å². The Morgan fingerprint density at radius 1 is 0.711 bits per heavy atom. The molecule has 0 saturated carbocycles. The lowest BCUT2D eigenvalue weighted by Gasteiger charge is -2.19. The first-order valence-electron chi connectivity index (χ1n) is 12.0. The Morgan fingerprint density at radius 3 is 1.89 bits per heavy atom. The summed E-state index contributed by atoms with van der Waals surface area (Å²) in [6, 6.07) is 25.7. The zero-order valence-electron chi connectivity index (χ0n) is 20.2. The van der Waals surface area contributed by atoms with E-state index in [4.69, 9.17) is 0 Å². The number of alkyl halides is 1. The number of benzene rings is 4. The molecule has 0 bridgehead atoms. The fraction of sp³-hybridized carbons (Fsp3) is 0.226. The van der Waals surface area contributed by atoms with Crippen LogP contribution in [-0.2, 0) is 24.7 Å². The molecular formula is C31H31Br3F2N2. The molecule has 4 aromatic carbocycles. The number of fused-ring (bicyclic) bond motifs is 2. The van der Waals surface area contributed by atoms with Crippen LogP contribution in [0.4, 0.5) is 20.2 Å². The predicted octanol–water partition coefficient (Wildman–Crippen LogP) is 9.92. The molecule has 0 spiro atoms. The molecule has 0 amide bonds. The molecule has 0 aromatic heterocycles. The highest BCUT2D eigenvalue weighted by molar-refractivity contribution is 9.10. The molecule has 2 nitrogen and oxygen atoms in total. The van der Waals surface area contributed by atoms with Crippen LogP contribution >= 0.6 is 47.8 Å². The molecule has 0 atom stereocenters. The first kappa shape index (κ1) is 30.3. The maximum absolute atomic E-state index is 12.9. The molecule has 1 N–H and O–H groups in total. The van der Waals surface area contributed by atoms with Gasteiger partial charge in [-0.05, 0) is 83.6 Å². The third-order valence-electron chi connectivity index (χ3n) is 6.23. The Kier molecular flexibility index (Phi) is 11.8. The van der Waals surface area contributed by atoms with Crippen molar-refractivity contribution in [2.24, 2.45) is 0 Å². The van der Waals surface area contributed by atoms with Gasteiger partial charge in [0.15, 0.2) is 0 Å². The summed E-state index contributed by atoms with van der Waals surface area (Å²) in [4.78, 5) is 2.34. The lowest BCUT2D eigenvalue weighted by atomic mass is 10.1. The van der Waals surface area contributed by atoms with Crippen LogP contribution in [-0.4, -0.2) is 13.1 Å². The highest BCUT2D eigenvalue weighted by Crippen LogP contribution is 2.34. The van der Waals surface area contributed by atoms with E-state index in [9.17, 15) is 8.78 Å². The first-order chi connectivity index (χ1) is 17.9.